The molecular formula is C7H14O7P2. The van der Waals surface area contributed by atoms with E-state index in [1.165, 1.54) is 0 Å². The highest BCUT2D eigenvalue weighted by atomic mass is 31.3. The minimum atomic E-state index is -5.02. The molecule has 9 heteroatoms. The van der Waals surface area contributed by atoms with Gasteiger partial charge in [0.05, 0.1) is 6.26 Å². The quantitative estimate of drug-likeness (QED) is 0.530. The predicted octanol–water partition coefficient (Wildman–Crippen LogP) is 2.06. The predicted molar refractivity (Wildman–Crippen MR) is 55.2 cm³/mol. The molecule has 0 amide bonds. The maximum Gasteiger partial charge on any atom is 0.535 e. The molecule has 0 aromatic rings. The molecule has 0 radical (unpaired) electrons. The van der Waals surface area contributed by atoms with Crippen molar-refractivity contribution in [2.24, 2.45) is 0 Å². The van der Waals surface area contributed by atoms with Gasteiger partial charge in [-0.05, 0) is 31.3 Å². The van der Waals surface area contributed by atoms with E-state index in [1.54, 1.807) is 0 Å². The molecule has 1 aliphatic rings. The van der Waals surface area contributed by atoms with Crippen molar-refractivity contribution in [3.05, 3.63) is 11.8 Å². The largest absolute Gasteiger partial charge is 0.535 e. The normalized spacial score (nSPS) is 21.3. The van der Waals surface area contributed by atoms with Gasteiger partial charge in [0.2, 0.25) is 0 Å². The standard InChI is InChI=1S/C7H14O7P2/c8-15(9,10)14-16(11,12)13-6-7-4-2-1-3-5-7/h6H,1-5H2,(H,11,12)(H2,8,9,10). The van der Waals surface area contributed by atoms with Crippen LogP contribution in [0.5, 0.6) is 0 Å². The molecule has 1 fully saturated rings. The van der Waals surface area contributed by atoms with Crippen LogP contribution in [0.1, 0.15) is 32.1 Å². The van der Waals surface area contributed by atoms with Crippen molar-refractivity contribution in [1.29, 1.82) is 0 Å². The summed E-state index contributed by atoms with van der Waals surface area (Å²) in [6, 6.07) is 0. The summed E-state index contributed by atoms with van der Waals surface area (Å²) in [6.07, 6.45) is 5.64. The molecule has 0 aromatic heterocycles. The zero-order chi connectivity index (χ0) is 12.2. The van der Waals surface area contributed by atoms with Crippen molar-refractivity contribution in [3.8, 4) is 0 Å². The van der Waals surface area contributed by atoms with Gasteiger partial charge in [0, 0.05) is 0 Å². The molecule has 1 rings (SSSR count). The van der Waals surface area contributed by atoms with Crippen LogP contribution in [0.25, 0.3) is 0 Å². The first-order valence-electron chi connectivity index (χ1n) is 4.74. The van der Waals surface area contributed by atoms with Gasteiger partial charge in [-0.15, -0.1) is 0 Å². The lowest BCUT2D eigenvalue weighted by molar-refractivity contribution is 0.215. The molecule has 0 spiro atoms. The number of phosphoric acid groups is 2. The molecular weight excluding hydrogens is 258 g/mol. The van der Waals surface area contributed by atoms with Crippen LogP contribution in [0.4, 0.5) is 0 Å². The lowest BCUT2D eigenvalue weighted by atomic mass is 9.96. The Balaban J connectivity index is 2.52. The number of phosphoric ester groups is 1. The molecule has 16 heavy (non-hydrogen) atoms. The van der Waals surface area contributed by atoms with Crippen LogP contribution >= 0.6 is 15.6 Å². The highest BCUT2D eigenvalue weighted by Gasteiger charge is 2.32. The van der Waals surface area contributed by atoms with E-state index in [0.717, 1.165) is 43.9 Å². The van der Waals surface area contributed by atoms with Crippen LogP contribution in [-0.2, 0) is 18.0 Å². The van der Waals surface area contributed by atoms with Crippen molar-refractivity contribution < 1.29 is 32.6 Å². The van der Waals surface area contributed by atoms with Crippen molar-refractivity contribution in [2.45, 2.75) is 32.1 Å². The average Bonchev–Trinajstić information content (AvgIpc) is 2.13. The summed E-state index contributed by atoms with van der Waals surface area (Å²) in [7, 11) is -9.74. The Morgan fingerprint density at radius 2 is 1.62 bits per heavy atom. The molecule has 0 saturated heterocycles. The number of rotatable bonds is 4. The molecule has 1 atom stereocenters. The maximum atomic E-state index is 11.0. The number of allylic oxidation sites excluding steroid dienone is 1. The summed E-state index contributed by atoms with van der Waals surface area (Å²) < 4.78 is 29.4. The lowest BCUT2D eigenvalue weighted by Crippen LogP contribution is -1.95. The van der Waals surface area contributed by atoms with E-state index in [0.29, 0.717) is 0 Å². The molecule has 1 saturated carbocycles. The summed E-state index contributed by atoms with van der Waals surface area (Å²) in [6.45, 7) is 0. The summed E-state index contributed by atoms with van der Waals surface area (Å²) in [5.74, 6) is 0. The third kappa shape index (κ3) is 5.80. The maximum absolute atomic E-state index is 11.0. The number of hydrogen-bond donors (Lipinski definition) is 3. The average molecular weight is 272 g/mol. The van der Waals surface area contributed by atoms with Gasteiger partial charge >= 0.3 is 15.6 Å². The van der Waals surface area contributed by atoms with Gasteiger partial charge in [-0.2, -0.15) is 4.31 Å². The van der Waals surface area contributed by atoms with E-state index >= 15 is 0 Å². The second-order valence-corrected chi connectivity index (χ2v) is 6.27. The summed E-state index contributed by atoms with van der Waals surface area (Å²) >= 11 is 0. The fraction of sp³-hybridized carbons (Fsp3) is 0.714. The van der Waals surface area contributed by atoms with Crippen molar-refractivity contribution in [3.63, 3.8) is 0 Å². The topological polar surface area (TPSA) is 113 Å². The SMILES string of the molecule is O=P(O)(O)OP(=O)(O)OC=C1CCCCC1. The van der Waals surface area contributed by atoms with E-state index in [2.05, 4.69) is 8.83 Å². The first kappa shape index (κ1) is 13.9. The highest BCUT2D eigenvalue weighted by molar-refractivity contribution is 7.60. The van der Waals surface area contributed by atoms with Crippen molar-refractivity contribution >= 4 is 15.6 Å². The van der Waals surface area contributed by atoms with Gasteiger partial charge in [0.25, 0.3) is 0 Å². The van der Waals surface area contributed by atoms with Gasteiger partial charge in [0.15, 0.2) is 0 Å². The van der Waals surface area contributed by atoms with E-state index in [-0.39, 0.29) is 0 Å². The summed E-state index contributed by atoms with van der Waals surface area (Å²) in [4.78, 5) is 25.6. The van der Waals surface area contributed by atoms with Crippen LogP contribution < -0.4 is 0 Å². The highest BCUT2D eigenvalue weighted by Crippen LogP contribution is 2.57. The minimum absolute atomic E-state index is 0.760. The Hall–Kier alpha value is -0.160. The first-order chi connectivity index (χ1) is 7.29. The van der Waals surface area contributed by atoms with Crippen LogP contribution in [0.3, 0.4) is 0 Å². The molecule has 1 unspecified atom stereocenters. The third-order valence-corrected chi connectivity index (χ3v) is 4.11. The molecule has 94 valence electrons. The van der Waals surface area contributed by atoms with E-state index in [4.69, 9.17) is 14.7 Å². The molecule has 0 bridgehead atoms. The van der Waals surface area contributed by atoms with Gasteiger partial charge in [-0.25, -0.2) is 9.13 Å². The molecule has 0 aliphatic heterocycles. The monoisotopic (exact) mass is 272 g/mol. The van der Waals surface area contributed by atoms with Gasteiger partial charge in [-0.1, -0.05) is 6.42 Å². The fourth-order valence-corrected chi connectivity index (χ4v) is 2.93. The molecule has 0 heterocycles. The molecule has 1 aliphatic carbocycles. The van der Waals surface area contributed by atoms with Crippen LogP contribution in [-0.4, -0.2) is 14.7 Å². The lowest BCUT2D eigenvalue weighted by Gasteiger charge is -2.15. The molecule has 3 N–H and O–H groups in total. The van der Waals surface area contributed by atoms with E-state index in [9.17, 15) is 9.13 Å². The zero-order valence-electron chi connectivity index (χ0n) is 8.48. The zero-order valence-corrected chi connectivity index (χ0v) is 10.3. The summed E-state index contributed by atoms with van der Waals surface area (Å²) in [5, 5.41) is 0. The van der Waals surface area contributed by atoms with Crippen LogP contribution in [0.2, 0.25) is 0 Å². The smallest absolute Gasteiger partial charge is 0.412 e. The van der Waals surface area contributed by atoms with E-state index < -0.39 is 15.6 Å². The van der Waals surface area contributed by atoms with Crippen molar-refractivity contribution in [1.82, 2.24) is 0 Å². The second-order valence-electron chi connectivity index (χ2n) is 3.48. The Labute approximate surface area is 92.9 Å². The summed E-state index contributed by atoms with van der Waals surface area (Å²) in [5.41, 5.74) is 0.842. The second kappa shape index (κ2) is 5.45. The molecule has 7 nitrogen and oxygen atoms in total. The first-order valence-corrected chi connectivity index (χ1v) is 7.77. The van der Waals surface area contributed by atoms with Crippen LogP contribution in [0, 0.1) is 0 Å². The number of hydrogen-bond acceptors (Lipinski definition) is 4. The van der Waals surface area contributed by atoms with Crippen LogP contribution in [0.15, 0.2) is 11.8 Å². The van der Waals surface area contributed by atoms with E-state index in [1.807, 2.05) is 0 Å². The Morgan fingerprint density at radius 3 is 2.12 bits per heavy atom. The Kier molecular flexibility index (Phi) is 4.73. The van der Waals surface area contributed by atoms with Gasteiger partial charge in [0.1, 0.15) is 0 Å². The van der Waals surface area contributed by atoms with Gasteiger partial charge < -0.3 is 14.3 Å². The van der Waals surface area contributed by atoms with Gasteiger partial charge in [-0.3, -0.25) is 4.89 Å². The minimum Gasteiger partial charge on any atom is -0.412 e. The Bertz CT molecular complexity index is 350. The third-order valence-electron chi connectivity index (χ3n) is 2.06. The fourth-order valence-electron chi connectivity index (χ4n) is 1.42. The van der Waals surface area contributed by atoms with Crippen molar-refractivity contribution in [2.75, 3.05) is 0 Å². The Morgan fingerprint density at radius 1 is 1.06 bits per heavy atom. The molecule has 0 aromatic carbocycles.